The molecule has 0 aromatic heterocycles. The Morgan fingerprint density at radius 2 is 1.61 bits per heavy atom. The Morgan fingerprint density at radius 3 is 2.17 bits per heavy atom. The quantitative estimate of drug-likeness (QED) is 0.681. The minimum Gasteiger partial charge on any atom is -0.197 e. The molecule has 2 bridgehead atoms. The molecule has 18 heavy (non-hydrogen) atoms. The molecule has 2 fully saturated rings. The summed E-state index contributed by atoms with van der Waals surface area (Å²) in [5.74, 6) is 3.05. The van der Waals surface area contributed by atoms with Gasteiger partial charge in [-0.2, -0.15) is 5.26 Å². The van der Waals surface area contributed by atoms with Crippen molar-refractivity contribution in [1.29, 1.82) is 5.26 Å². The van der Waals surface area contributed by atoms with Crippen LogP contribution in [0.25, 0.3) is 0 Å². The van der Waals surface area contributed by atoms with E-state index in [9.17, 15) is 5.26 Å². The summed E-state index contributed by atoms with van der Waals surface area (Å²) in [4.78, 5) is 0. The molecule has 0 radical (unpaired) electrons. The van der Waals surface area contributed by atoms with Gasteiger partial charge in [-0.25, -0.2) is 0 Å². The van der Waals surface area contributed by atoms with Gasteiger partial charge in [0.05, 0.1) is 11.5 Å². The zero-order chi connectivity index (χ0) is 12.2. The highest BCUT2D eigenvalue weighted by molar-refractivity contribution is 5.36. The van der Waals surface area contributed by atoms with Gasteiger partial charge in [0.15, 0.2) is 0 Å². The molecule has 4 rings (SSSR count). The van der Waals surface area contributed by atoms with Crippen molar-refractivity contribution in [2.75, 3.05) is 0 Å². The van der Waals surface area contributed by atoms with Crippen molar-refractivity contribution in [2.24, 2.45) is 23.7 Å². The second-order valence-corrected chi connectivity index (χ2v) is 6.24. The predicted molar refractivity (Wildman–Crippen MR) is 70.7 cm³/mol. The predicted octanol–water partition coefficient (Wildman–Crippen LogP) is 3.68. The zero-order valence-electron chi connectivity index (χ0n) is 10.4. The average Bonchev–Trinajstić information content (AvgIpc) is 3.11. The van der Waals surface area contributed by atoms with E-state index in [1.807, 2.05) is 6.07 Å². The van der Waals surface area contributed by atoms with Crippen molar-refractivity contribution in [3.63, 3.8) is 0 Å². The van der Waals surface area contributed by atoms with Gasteiger partial charge >= 0.3 is 0 Å². The Bertz CT molecular complexity index is 516. The number of hydrogen-bond donors (Lipinski definition) is 0. The normalized spacial score (nSPS) is 43.9. The standard InChI is InChI=1S/C17H17N/c18-11-17(14-4-2-1-3-5-14)9-15-12-6-7-13(8-12)16(15)10-17/h1-7,12-13,15-16H,8-10H2/t12-,13+,15-,16+,17?. The number of hydrogen-bond acceptors (Lipinski definition) is 1. The van der Waals surface area contributed by atoms with Crippen molar-refractivity contribution in [3.8, 4) is 6.07 Å². The van der Waals surface area contributed by atoms with E-state index in [-0.39, 0.29) is 5.41 Å². The van der Waals surface area contributed by atoms with Crippen LogP contribution in [0, 0.1) is 35.0 Å². The Kier molecular flexibility index (Phi) is 2.01. The maximum atomic E-state index is 9.75. The van der Waals surface area contributed by atoms with Gasteiger partial charge in [-0.1, -0.05) is 42.5 Å². The summed E-state index contributed by atoms with van der Waals surface area (Å²) in [6, 6.07) is 13.1. The maximum absolute atomic E-state index is 9.75. The molecule has 1 nitrogen and oxygen atoms in total. The third kappa shape index (κ3) is 1.21. The molecule has 1 aromatic rings. The maximum Gasteiger partial charge on any atom is 0.0828 e. The van der Waals surface area contributed by atoms with Crippen LogP contribution in [0.1, 0.15) is 24.8 Å². The number of nitrogens with zero attached hydrogens (tertiary/aromatic N) is 1. The number of fused-ring (bicyclic) bond motifs is 5. The van der Waals surface area contributed by atoms with Gasteiger partial charge in [0.2, 0.25) is 0 Å². The lowest BCUT2D eigenvalue weighted by Gasteiger charge is -2.23. The zero-order valence-corrected chi connectivity index (χ0v) is 10.4. The van der Waals surface area contributed by atoms with Crippen LogP contribution < -0.4 is 0 Å². The fourth-order valence-corrected chi connectivity index (χ4v) is 4.67. The van der Waals surface area contributed by atoms with E-state index in [2.05, 4.69) is 42.5 Å². The van der Waals surface area contributed by atoms with E-state index < -0.39 is 0 Å². The molecule has 3 aliphatic rings. The number of benzene rings is 1. The SMILES string of the molecule is N#CC1(c2ccccc2)C[C@@H]2[C@H](C1)[C@@H]1C=C[C@H]2C1. The van der Waals surface area contributed by atoms with Crippen molar-refractivity contribution >= 4 is 0 Å². The van der Waals surface area contributed by atoms with Gasteiger partial charge in [0.25, 0.3) is 0 Å². The van der Waals surface area contributed by atoms with Crippen molar-refractivity contribution in [3.05, 3.63) is 48.0 Å². The Morgan fingerprint density at radius 1 is 1.00 bits per heavy atom. The first kappa shape index (κ1) is 10.4. The van der Waals surface area contributed by atoms with Crippen molar-refractivity contribution in [1.82, 2.24) is 0 Å². The van der Waals surface area contributed by atoms with E-state index in [0.29, 0.717) is 0 Å². The lowest BCUT2D eigenvalue weighted by molar-refractivity contribution is 0.364. The number of nitriles is 1. The molecular formula is C17H17N. The van der Waals surface area contributed by atoms with Gasteiger partial charge in [-0.05, 0) is 48.5 Å². The molecule has 1 heteroatoms. The van der Waals surface area contributed by atoms with E-state index in [4.69, 9.17) is 0 Å². The minimum atomic E-state index is -0.209. The highest BCUT2D eigenvalue weighted by atomic mass is 14.6. The van der Waals surface area contributed by atoms with Gasteiger partial charge in [-0.15, -0.1) is 0 Å². The average molecular weight is 235 g/mol. The summed E-state index contributed by atoms with van der Waals surface area (Å²) in [5, 5.41) is 9.75. The van der Waals surface area contributed by atoms with Crippen LogP contribution in [0.2, 0.25) is 0 Å². The smallest absolute Gasteiger partial charge is 0.0828 e. The molecule has 0 aliphatic heterocycles. The van der Waals surface area contributed by atoms with Crippen molar-refractivity contribution in [2.45, 2.75) is 24.7 Å². The van der Waals surface area contributed by atoms with Crippen LogP contribution in [0.3, 0.4) is 0 Å². The van der Waals surface area contributed by atoms with Gasteiger partial charge < -0.3 is 0 Å². The topological polar surface area (TPSA) is 23.8 Å². The minimum absolute atomic E-state index is 0.209. The number of rotatable bonds is 1. The summed E-state index contributed by atoms with van der Waals surface area (Å²) in [6.45, 7) is 0. The summed E-state index contributed by atoms with van der Waals surface area (Å²) in [7, 11) is 0. The molecule has 0 spiro atoms. The molecule has 1 unspecified atom stereocenters. The van der Waals surface area contributed by atoms with E-state index >= 15 is 0 Å². The van der Waals surface area contributed by atoms with Gasteiger partial charge in [0, 0.05) is 0 Å². The van der Waals surface area contributed by atoms with E-state index in [1.54, 1.807) is 0 Å². The lowest BCUT2D eigenvalue weighted by atomic mass is 9.77. The summed E-state index contributed by atoms with van der Waals surface area (Å²) in [5.41, 5.74) is 1.03. The molecule has 3 aliphatic carbocycles. The Labute approximate surface area is 108 Å². The molecule has 90 valence electrons. The van der Waals surface area contributed by atoms with Crippen LogP contribution in [-0.2, 0) is 5.41 Å². The molecule has 5 atom stereocenters. The molecule has 0 heterocycles. The molecule has 0 saturated heterocycles. The third-order valence-corrected chi connectivity index (χ3v) is 5.51. The Hall–Kier alpha value is -1.55. The van der Waals surface area contributed by atoms with Crippen LogP contribution >= 0.6 is 0 Å². The summed E-state index contributed by atoms with van der Waals surface area (Å²) in [6.07, 6.45) is 8.31. The van der Waals surface area contributed by atoms with E-state index in [1.165, 1.54) is 12.0 Å². The third-order valence-electron chi connectivity index (χ3n) is 5.51. The first-order valence-corrected chi connectivity index (χ1v) is 6.97. The second-order valence-electron chi connectivity index (χ2n) is 6.24. The Balaban J connectivity index is 1.72. The second kappa shape index (κ2) is 3.48. The lowest BCUT2D eigenvalue weighted by Crippen LogP contribution is -2.21. The molecule has 0 N–H and O–H groups in total. The van der Waals surface area contributed by atoms with Crippen LogP contribution in [0.5, 0.6) is 0 Å². The largest absolute Gasteiger partial charge is 0.197 e. The molecular weight excluding hydrogens is 218 g/mol. The number of allylic oxidation sites excluding steroid dienone is 2. The van der Waals surface area contributed by atoms with Gasteiger partial charge in [0.1, 0.15) is 0 Å². The summed E-state index contributed by atoms with van der Waals surface area (Å²) >= 11 is 0. The van der Waals surface area contributed by atoms with Crippen molar-refractivity contribution < 1.29 is 0 Å². The monoisotopic (exact) mass is 235 g/mol. The summed E-state index contributed by atoms with van der Waals surface area (Å²) < 4.78 is 0. The van der Waals surface area contributed by atoms with Crippen LogP contribution in [-0.4, -0.2) is 0 Å². The van der Waals surface area contributed by atoms with Crippen LogP contribution in [0.15, 0.2) is 42.5 Å². The molecule has 0 amide bonds. The fraction of sp³-hybridized carbons (Fsp3) is 0.471. The molecule has 1 aromatic carbocycles. The molecule has 2 saturated carbocycles. The first-order chi connectivity index (χ1) is 8.82. The fourth-order valence-electron chi connectivity index (χ4n) is 4.67. The first-order valence-electron chi connectivity index (χ1n) is 6.97. The van der Waals surface area contributed by atoms with E-state index in [0.717, 1.165) is 36.5 Å². The highest BCUT2D eigenvalue weighted by Gasteiger charge is 2.55. The highest BCUT2D eigenvalue weighted by Crippen LogP contribution is 2.61. The van der Waals surface area contributed by atoms with Crippen LogP contribution in [0.4, 0.5) is 0 Å². The van der Waals surface area contributed by atoms with Gasteiger partial charge in [-0.3, -0.25) is 0 Å².